The van der Waals surface area contributed by atoms with E-state index in [1.54, 1.807) is 13.8 Å². The average molecular weight is 325 g/mol. The number of nitrogens with zero attached hydrogens (tertiary/aromatic N) is 1. The second-order valence-electron chi connectivity index (χ2n) is 5.31. The quantitative estimate of drug-likeness (QED) is 0.277. The van der Waals surface area contributed by atoms with Crippen LogP contribution in [0.2, 0.25) is 12.6 Å². The highest BCUT2D eigenvalue weighted by Crippen LogP contribution is 2.32. The van der Waals surface area contributed by atoms with Crippen LogP contribution in [0.4, 0.5) is 17.6 Å². The van der Waals surface area contributed by atoms with Crippen molar-refractivity contribution >= 4 is 6.92 Å². The summed E-state index contributed by atoms with van der Waals surface area (Å²) in [6.07, 6.45) is -0.159. The minimum Gasteiger partial charge on any atom is -0.547 e. The maximum atomic E-state index is 13.8. The maximum Gasteiger partial charge on any atom is 0.448 e. The van der Waals surface area contributed by atoms with Gasteiger partial charge in [-0.25, -0.2) is 0 Å². The summed E-state index contributed by atoms with van der Waals surface area (Å²) in [5, 5.41) is 0. The molecule has 0 aliphatic carbocycles. The summed E-state index contributed by atoms with van der Waals surface area (Å²) in [6.45, 7) is 7.55. The van der Waals surface area contributed by atoms with Crippen LogP contribution in [0.25, 0.3) is 0 Å². The van der Waals surface area contributed by atoms with Crippen molar-refractivity contribution in [3.05, 3.63) is 11.7 Å². The fourth-order valence-electron chi connectivity index (χ4n) is 2.18. The van der Waals surface area contributed by atoms with Crippen molar-refractivity contribution < 1.29 is 22.2 Å². The minimum atomic E-state index is -5.02. The number of alkyl halides is 3. The Morgan fingerprint density at radius 1 is 0.955 bits per heavy atom. The number of hydrogen-bond acceptors (Lipinski definition) is 2. The van der Waals surface area contributed by atoms with Gasteiger partial charge in [0.05, 0.1) is 0 Å². The van der Waals surface area contributed by atoms with Crippen LogP contribution in [0, 0.1) is 0 Å². The second-order valence-corrected chi connectivity index (χ2v) is 5.31. The number of halogens is 4. The number of rotatable bonds is 11. The Balaban J connectivity index is 5.29. The Hall–Kier alpha value is -0.875. The van der Waals surface area contributed by atoms with Gasteiger partial charge in [0.25, 0.3) is 5.83 Å². The summed E-state index contributed by atoms with van der Waals surface area (Å²) in [7, 11) is 0. The van der Waals surface area contributed by atoms with Gasteiger partial charge in [0, 0.05) is 13.1 Å². The third kappa shape index (κ3) is 7.41. The summed E-state index contributed by atoms with van der Waals surface area (Å²) in [5.41, 5.74) is 0. The number of unbranched alkanes of at least 4 members (excludes halogenated alkanes) is 2. The van der Waals surface area contributed by atoms with Crippen molar-refractivity contribution in [1.29, 1.82) is 0 Å². The minimum absolute atomic E-state index is 0.267. The van der Waals surface area contributed by atoms with E-state index in [0.29, 0.717) is 12.6 Å². The molecule has 0 aliphatic heterocycles. The predicted molar refractivity (Wildman–Crippen MR) is 83.4 cm³/mol. The molecule has 0 spiro atoms. The van der Waals surface area contributed by atoms with Crippen LogP contribution in [0.3, 0.4) is 0 Å². The molecule has 130 valence electrons. The molecule has 0 aliphatic rings. The highest BCUT2D eigenvalue weighted by Gasteiger charge is 2.40. The summed E-state index contributed by atoms with van der Waals surface area (Å²) in [5.74, 6) is -2.79. The molecule has 0 fully saturated rings. The van der Waals surface area contributed by atoms with Crippen LogP contribution in [0.5, 0.6) is 0 Å². The molecule has 0 radical (unpaired) electrons. The van der Waals surface area contributed by atoms with Crippen molar-refractivity contribution in [1.82, 2.24) is 4.90 Å². The lowest BCUT2D eigenvalue weighted by Gasteiger charge is -2.28. The van der Waals surface area contributed by atoms with Crippen molar-refractivity contribution in [2.75, 3.05) is 13.1 Å². The zero-order valence-corrected chi connectivity index (χ0v) is 14.1. The van der Waals surface area contributed by atoms with Crippen molar-refractivity contribution in [2.45, 2.75) is 72.2 Å². The zero-order valence-electron chi connectivity index (χ0n) is 14.1. The number of allylic oxidation sites excluding steroid dienone is 1. The third-order valence-corrected chi connectivity index (χ3v) is 3.52. The molecular weight excluding hydrogens is 297 g/mol. The Morgan fingerprint density at radius 2 is 1.41 bits per heavy atom. The largest absolute Gasteiger partial charge is 0.547 e. The van der Waals surface area contributed by atoms with Gasteiger partial charge < -0.3 is 9.55 Å². The molecule has 0 atom stereocenters. The van der Waals surface area contributed by atoms with Gasteiger partial charge in [-0.2, -0.15) is 17.6 Å². The molecule has 7 heteroatoms. The van der Waals surface area contributed by atoms with Crippen LogP contribution in [0.15, 0.2) is 11.7 Å². The van der Waals surface area contributed by atoms with Crippen LogP contribution in [-0.2, 0) is 4.65 Å². The molecule has 0 saturated heterocycles. The Bertz CT molecular complexity index is 322. The van der Waals surface area contributed by atoms with Crippen LogP contribution in [0.1, 0.15) is 53.4 Å². The average Bonchev–Trinajstić information content (AvgIpc) is 2.47. The maximum absolute atomic E-state index is 13.8. The van der Waals surface area contributed by atoms with E-state index in [1.165, 1.54) is 4.90 Å². The zero-order chi connectivity index (χ0) is 17.2. The van der Waals surface area contributed by atoms with E-state index in [0.717, 1.165) is 25.7 Å². The molecule has 0 unspecified atom stereocenters. The van der Waals surface area contributed by atoms with Crippen molar-refractivity contribution in [3.63, 3.8) is 0 Å². The van der Waals surface area contributed by atoms with Crippen molar-refractivity contribution in [3.8, 4) is 0 Å². The molecule has 0 N–H and O–H groups in total. The topological polar surface area (TPSA) is 12.5 Å². The van der Waals surface area contributed by atoms with E-state index in [2.05, 4.69) is 0 Å². The van der Waals surface area contributed by atoms with E-state index in [4.69, 9.17) is 4.65 Å². The summed E-state index contributed by atoms with van der Waals surface area (Å²) >= 11 is 0. The summed E-state index contributed by atoms with van der Waals surface area (Å²) < 4.78 is 57.5. The van der Waals surface area contributed by atoms with Gasteiger partial charge in [0.15, 0.2) is 0 Å². The molecule has 0 aromatic heterocycles. The molecule has 0 heterocycles. The first-order valence-electron chi connectivity index (χ1n) is 8.20. The molecule has 2 nitrogen and oxygen atoms in total. The van der Waals surface area contributed by atoms with Gasteiger partial charge in [-0.3, -0.25) is 0 Å². The van der Waals surface area contributed by atoms with Crippen LogP contribution >= 0.6 is 0 Å². The smallest absolute Gasteiger partial charge is 0.448 e. The molecule has 0 rings (SSSR count). The fraction of sp³-hybridized carbons (Fsp3) is 0.867. The molecule has 0 aromatic carbocycles. The van der Waals surface area contributed by atoms with Gasteiger partial charge in [-0.15, -0.1) is 0 Å². The van der Waals surface area contributed by atoms with Crippen LogP contribution in [-0.4, -0.2) is 31.1 Å². The van der Waals surface area contributed by atoms with E-state index >= 15 is 0 Å². The van der Waals surface area contributed by atoms with E-state index in [9.17, 15) is 17.6 Å². The Morgan fingerprint density at radius 3 is 1.73 bits per heavy atom. The first-order valence-corrected chi connectivity index (χ1v) is 8.20. The standard InChI is InChI=1S/C15H28BF4NO/c1-5-9-11-16(12-10-6-2)22-14(21(7-3)8-4)13(17)15(18,19)20/h5-12H2,1-4H3/b14-13+. The summed E-state index contributed by atoms with van der Waals surface area (Å²) in [4.78, 5) is 1.29. The normalized spacial score (nSPS) is 12.9. The Kier molecular flexibility index (Phi) is 10.4. The Labute approximate surface area is 132 Å². The highest BCUT2D eigenvalue weighted by molar-refractivity contribution is 6.52. The van der Waals surface area contributed by atoms with Gasteiger partial charge in [-0.1, -0.05) is 39.5 Å². The lowest BCUT2D eigenvalue weighted by Crippen LogP contribution is -2.32. The monoisotopic (exact) mass is 325 g/mol. The SMILES string of the molecule is CCCCB(CCCC)O/C(=C(/F)C(F)(F)F)N(CC)CC. The highest BCUT2D eigenvalue weighted by atomic mass is 19.4. The third-order valence-electron chi connectivity index (χ3n) is 3.52. The fourth-order valence-corrected chi connectivity index (χ4v) is 2.18. The molecule has 22 heavy (non-hydrogen) atoms. The van der Waals surface area contributed by atoms with Crippen LogP contribution < -0.4 is 0 Å². The lowest BCUT2D eigenvalue weighted by molar-refractivity contribution is -0.114. The lowest BCUT2D eigenvalue weighted by atomic mass is 9.59. The van der Waals surface area contributed by atoms with E-state index < -0.39 is 17.9 Å². The first-order chi connectivity index (χ1) is 10.3. The van der Waals surface area contributed by atoms with Gasteiger partial charge >= 0.3 is 13.1 Å². The van der Waals surface area contributed by atoms with Gasteiger partial charge in [0.1, 0.15) is 0 Å². The molecule has 0 saturated carbocycles. The van der Waals surface area contributed by atoms with Gasteiger partial charge in [0.2, 0.25) is 5.88 Å². The van der Waals surface area contributed by atoms with Gasteiger partial charge in [-0.05, 0) is 26.5 Å². The van der Waals surface area contributed by atoms with Crippen molar-refractivity contribution in [2.24, 2.45) is 0 Å². The molecule has 0 aromatic rings. The molecule has 0 amide bonds. The second kappa shape index (κ2) is 10.8. The summed E-state index contributed by atoms with van der Waals surface area (Å²) in [6, 6.07) is 0. The molecule has 0 bridgehead atoms. The van der Waals surface area contributed by atoms with E-state index in [1.807, 2.05) is 13.8 Å². The molecular formula is C15H28BF4NO. The van der Waals surface area contributed by atoms with E-state index in [-0.39, 0.29) is 20.0 Å². The first kappa shape index (κ1) is 21.1. The number of hydrogen-bond donors (Lipinski definition) is 0. The predicted octanol–water partition coefficient (Wildman–Crippen LogP) is 5.64.